The summed E-state index contributed by atoms with van der Waals surface area (Å²) < 4.78 is 87.7. The maximum atomic E-state index is 14.0. The van der Waals surface area contributed by atoms with E-state index in [9.17, 15) is 31.4 Å². The van der Waals surface area contributed by atoms with Gasteiger partial charge in [0.2, 0.25) is 5.88 Å². The smallest absolute Gasteiger partial charge is 0.416 e. The molecule has 1 fully saturated rings. The van der Waals surface area contributed by atoms with Gasteiger partial charge in [-0.1, -0.05) is 23.5 Å². The molecule has 3 heterocycles. The normalized spacial score (nSPS) is 18.1. The maximum absolute atomic E-state index is 14.0. The summed E-state index contributed by atoms with van der Waals surface area (Å²) in [5.74, 6) is -0.380. The van der Waals surface area contributed by atoms with Crippen molar-refractivity contribution in [2.24, 2.45) is 10.2 Å². The molecule has 7 nitrogen and oxygen atoms in total. The second-order valence-corrected chi connectivity index (χ2v) is 11.0. The molecule has 218 valence electrons. The lowest BCUT2D eigenvalue weighted by Crippen LogP contribution is -2.46. The van der Waals surface area contributed by atoms with E-state index in [1.807, 2.05) is 23.9 Å². The third-order valence-corrected chi connectivity index (χ3v) is 7.86. The number of rotatable bonds is 6. The first-order chi connectivity index (χ1) is 19.3. The molecule has 2 aliphatic heterocycles. The van der Waals surface area contributed by atoms with Crippen molar-refractivity contribution in [2.75, 3.05) is 45.2 Å². The Kier molecular flexibility index (Phi) is 7.83. The lowest BCUT2D eigenvalue weighted by molar-refractivity contribution is -0.143. The van der Waals surface area contributed by atoms with Crippen LogP contribution in [0.25, 0.3) is 5.57 Å². The van der Waals surface area contributed by atoms with E-state index in [-0.39, 0.29) is 34.1 Å². The van der Waals surface area contributed by atoms with Gasteiger partial charge in [-0.2, -0.15) is 41.5 Å². The van der Waals surface area contributed by atoms with Gasteiger partial charge in [-0.15, -0.1) is 0 Å². The fourth-order valence-electron chi connectivity index (χ4n) is 4.81. The van der Waals surface area contributed by atoms with Crippen molar-refractivity contribution < 1.29 is 36.2 Å². The molecule has 1 atom stereocenters. The predicted octanol–water partition coefficient (Wildman–Crippen LogP) is 4.06. The van der Waals surface area contributed by atoms with Crippen molar-refractivity contribution in [3.63, 3.8) is 0 Å². The summed E-state index contributed by atoms with van der Waals surface area (Å²) in [6, 6.07) is 6.53. The summed E-state index contributed by atoms with van der Waals surface area (Å²) in [5, 5.41) is 20.3. The van der Waals surface area contributed by atoms with Crippen molar-refractivity contribution in [1.82, 2.24) is 9.88 Å². The SMILES string of the molecule is CN(C)CC1CN(c2nc(O)c(C(Cc3ccc(C(F)(F)F)cc3C(F)(F)F)=c3ccc4c(c3)C=NN=4)s2)CCO1. The molecule has 0 aliphatic carbocycles. The Morgan fingerprint density at radius 2 is 1.88 bits per heavy atom. The Morgan fingerprint density at radius 3 is 2.59 bits per heavy atom. The zero-order valence-electron chi connectivity index (χ0n) is 21.9. The van der Waals surface area contributed by atoms with Crippen LogP contribution in [0.2, 0.25) is 0 Å². The highest BCUT2D eigenvalue weighted by Crippen LogP contribution is 2.41. The Morgan fingerprint density at radius 1 is 1.10 bits per heavy atom. The lowest BCUT2D eigenvalue weighted by atomic mass is 9.94. The van der Waals surface area contributed by atoms with Gasteiger partial charge in [-0.05, 0) is 54.7 Å². The van der Waals surface area contributed by atoms with Gasteiger partial charge >= 0.3 is 12.4 Å². The van der Waals surface area contributed by atoms with Gasteiger partial charge in [-0.3, -0.25) is 0 Å². The molecule has 2 aliphatic rings. The van der Waals surface area contributed by atoms with E-state index in [0.29, 0.717) is 53.6 Å². The van der Waals surface area contributed by atoms with Crippen LogP contribution < -0.4 is 15.5 Å². The average molecular weight is 598 g/mol. The summed E-state index contributed by atoms with van der Waals surface area (Å²) in [5.41, 5.74) is -2.27. The standard InChI is InChI=1S/C27H25F6N5O2S/c1-37(2)13-19-14-38(7-8-40-19)25-35-24(39)23(41-25)20(15-4-6-22-17(9-15)12-34-36-22)10-16-3-5-18(26(28,29)30)11-21(16)27(31,32)33/h3-6,9,11-12,19,39H,7-8,10,13-14H2,1-2H3. The number of hydrogen-bond donors (Lipinski definition) is 1. The van der Waals surface area contributed by atoms with E-state index in [1.54, 1.807) is 18.2 Å². The van der Waals surface area contributed by atoms with Crippen LogP contribution in [0.3, 0.4) is 0 Å². The number of halogens is 6. The maximum Gasteiger partial charge on any atom is 0.416 e. The topological polar surface area (TPSA) is 73.5 Å². The summed E-state index contributed by atoms with van der Waals surface area (Å²) in [7, 11) is 3.84. The Hall–Kier alpha value is -3.49. The first kappa shape index (κ1) is 29.0. The quantitative estimate of drug-likeness (QED) is 0.434. The van der Waals surface area contributed by atoms with Gasteiger partial charge in [0.15, 0.2) is 5.13 Å². The highest BCUT2D eigenvalue weighted by Gasteiger charge is 2.38. The monoisotopic (exact) mass is 597 g/mol. The number of alkyl halides is 6. The third kappa shape index (κ3) is 6.39. The molecular weight excluding hydrogens is 572 g/mol. The van der Waals surface area contributed by atoms with Crippen molar-refractivity contribution in [3.05, 3.63) is 74.1 Å². The van der Waals surface area contributed by atoms with Gasteiger partial charge in [0.05, 0.1) is 40.3 Å². The minimum absolute atomic E-state index is 0.113. The molecule has 3 aromatic rings. The molecule has 2 aromatic carbocycles. The predicted molar refractivity (Wildman–Crippen MR) is 142 cm³/mol. The Balaban J connectivity index is 1.61. The molecule has 0 amide bonds. The van der Waals surface area contributed by atoms with Gasteiger partial charge < -0.3 is 19.6 Å². The summed E-state index contributed by atoms with van der Waals surface area (Å²) >= 11 is 1.10. The highest BCUT2D eigenvalue weighted by molar-refractivity contribution is 7.17. The largest absolute Gasteiger partial charge is 0.492 e. The molecule has 1 aromatic heterocycles. The molecule has 41 heavy (non-hydrogen) atoms. The number of aromatic nitrogens is 1. The van der Waals surface area contributed by atoms with Crippen LogP contribution in [0.1, 0.15) is 27.1 Å². The van der Waals surface area contributed by atoms with Crippen molar-refractivity contribution in [3.8, 4) is 5.88 Å². The zero-order chi connectivity index (χ0) is 29.5. The van der Waals surface area contributed by atoms with Crippen LogP contribution in [0, 0.1) is 0 Å². The highest BCUT2D eigenvalue weighted by atomic mass is 32.1. The van der Waals surface area contributed by atoms with E-state index in [2.05, 4.69) is 15.2 Å². The van der Waals surface area contributed by atoms with E-state index in [4.69, 9.17) is 4.74 Å². The number of fused-ring (bicyclic) bond motifs is 1. The van der Waals surface area contributed by atoms with Crippen LogP contribution >= 0.6 is 11.3 Å². The van der Waals surface area contributed by atoms with Crippen LogP contribution in [-0.2, 0) is 23.5 Å². The Labute approximate surface area is 234 Å². The number of likely N-dealkylation sites (N-methyl/N-ethyl adjacent to an activating group) is 1. The van der Waals surface area contributed by atoms with E-state index in [1.165, 1.54) is 6.21 Å². The number of aromatic hydroxyl groups is 1. The summed E-state index contributed by atoms with van der Waals surface area (Å²) in [4.78, 5) is 8.46. The minimum Gasteiger partial charge on any atom is -0.492 e. The van der Waals surface area contributed by atoms with Crippen LogP contribution in [0.15, 0.2) is 46.6 Å². The number of anilines is 1. The number of morpholine rings is 1. The zero-order valence-corrected chi connectivity index (χ0v) is 22.7. The average Bonchev–Trinajstić information content (AvgIpc) is 3.52. The molecule has 1 saturated heterocycles. The molecule has 14 heteroatoms. The minimum atomic E-state index is -5.04. The van der Waals surface area contributed by atoms with Gasteiger partial charge in [0.1, 0.15) is 0 Å². The molecule has 1 unspecified atom stereocenters. The van der Waals surface area contributed by atoms with Crippen molar-refractivity contribution in [2.45, 2.75) is 24.9 Å². The molecule has 0 bridgehead atoms. The Bertz CT molecular complexity index is 1600. The van der Waals surface area contributed by atoms with Crippen molar-refractivity contribution >= 4 is 28.3 Å². The summed E-state index contributed by atoms with van der Waals surface area (Å²) in [6.07, 6.45) is -9.02. The van der Waals surface area contributed by atoms with E-state index < -0.39 is 29.9 Å². The number of nitrogens with zero attached hydrogens (tertiary/aromatic N) is 5. The fourth-order valence-corrected chi connectivity index (χ4v) is 5.87. The second-order valence-electron chi connectivity index (χ2n) is 9.99. The first-order valence-electron chi connectivity index (χ1n) is 12.5. The summed E-state index contributed by atoms with van der Waals surface area (Å²) in [6.45, 7) is 2.08. The molecule has 1 N–H and O–H groups in total. The van der Waals surface area contributed by atoms with Crippen molar-refractivity contribution in [1.29, 1.82) is 0 Å². The number of ether oxygens (including phenoxy) is 1. The number of hydrogen-bond acceptors (Lipinski definition) is 8. The first-order valence-corrected chi connectivity index (χ1v) is 13.3. The number of thiazole rings is 1. The van der Waals surface area contributed by atoms with E-state index in [0.717, 1.165) is 17.4 Å². The van der Waals surface area contributed by atoms with Gasteiger partial charge in [-0.25, -0.2) is 0 Å². The van der Waals surface area contributed by atoms with E-state index >= 15 is 0 Å². The molecule has 0 saturated carbocycles. The fraction of sp³-hybridized carbons (Fsp3) is 0.370. The second kappa shape index (κ2) is 11.1. The third-order valence-electron chi connectivity index (χ3n) is 6.70. The molecular formula is C27H25F6N5O2S. The molecule has 0 spiro atoms. The van der Waals surface area contributed by atoms with Gasteiger partial charge in [0, 0.05) is 31.6 Å². The van der Waals surface area contributed by atoms with Crippen LogP contribution in [0.5, 0.6) is 5.88 Å². The lowest BCUT2D eigenvalue weighted by Gasteiger charge is -2.33. The molecule has 5 rings (SSSR count). The number of benzene rings is 2. The van der Waals surface area contributed by atoms with Crippen LogP contribution in [-0.4, -0.2) is 67.6 Å². The van der Waals surface area contributed by atoms with Crippen LogP contribution in [0.4, 0.5) is 31.5 Å². The molecule has 0 radical (unpaired) electrons. The van der Waals surface area contributed by atoms with Gasteiger partial charge in [0.25, 0.3) is 0 Å².